The van der Waals surface area contributed by atoms with Gasteiger partial charge in [0, 0.05) is 10.8 Å². The molecule has 30 heavy (non-hydrogen) atoms. The maximum absolute atomic E-state index is 6.39. The minimum absolute atomic E-state index is 0.371. The molecule has 0 spiro atoms. The summed E-state index contributed by atoms with van der Waals surface area (Å²) < 4.78 is 19.1. The standard InChI is InChI=1S/C26H27BO3/c1-16-14-21-20-13-12-19(18-10-8-7-9-11-18)15-22(20)28-24(21)17(2)23(16)27-29-25(3,4)26(5,6)30-27/h7-15H,1-6H3. The van der Waals surface area contributed by atoms with Crippen molar-refractivity contribution in [3.63, 3.8) is 0 Å². The molecule has 1 aromatic heterocycles. The molecule has 152 valence electrons. The van der Waals surface area contributed by atoms with Crippen LogP contribution in [-0.4, -0.2) is 18.3 Å². The zero-order valence-corrected chi connectivity index (χ0v) is 18.5. The zero-order valence-electron chi connectivity index (χ0n) is 18.5. The largest absolute Gasteiger partial charge is 0.495 e. The quantitative estimate of drug-likeness (QED) is 0.379. The highest BCUT2D eigenvalue weighted by Gasteiger charge is 2.52. The van der Waals surface area contributed by atoms with Gasteiger partial charge in [-0.15, -0.1) is 0 Å². The molecule has 1 fully saturated rings. The van der Waals surface area contributed by atoms with Gasteiger partial charge in [-0.2, -0.15) is 0 Å². The van der Waals surface area contributed by atoms with Crippen molar-refractivity contribution in [1.82, 2.24) is 0 Å². The Balaban J connectivity index is 1.66. The molecule has 1 aliphatic rings. The van der Waals surface area contributed by atoms with Gasteiger partial charge >= 0.3 is 7.12 Å². The second kappa shape index (κ2) is 6.47. The smallest absolute Gasteiger partial charge is 0.456 e. The van der Waals surface area contributed by atoms with Crippen LogP contribution < -0.4 is 5.46 Å². The maximum Gasteiger partial charge on any atom is 0.495 e. The van der Waals surface area contributed by atoms with E-state index in [-0.39, 0.29) is 11.2 Å². The van der Waals surface area contributed by atoms with Gasteiger partial charge in [-0.05, 0) is 81.9 Å². The molecular weight excluding hydrogens is 371 g/mol. The molecule has 3 nitrogen and oxygen atoms in total. The van der Waals surface area contributed by atoms with Crippen molar-refractivity contribution in [2.75, 3.05) is 0 Å². The van der Waals surface area contributed by atoms with Gasteiger partial charge in [0.05, 0.1) is 11.2 Å². The van der Waals surface area contributed by atoms with Gasteiger partial charge in [0.25, 0.3) is 0 Å². The average molecular weight is 398 g/mol. The van der Waals surface area contributed by atoms with E-state index in [0.717, 1.165) is 44.1 Å². The molecular formula is C26H27BO3. The number of fused-ring (bicyclic) bond motifs is 3. The van der Waals surface area contributed by atoms with E-state index in [1.165, 1.54) is 5.56 Å². The van der Waals surface area contributed by atoms with Crippen molar-refractivity contribution < 1.29 is 13.7 Å². The Labute approximate surface area is 178 Å². The summed E-state index contributed by atoms with van der Waals surface area (Å²) in [5, 5.41) is 2.27. The molecule has 1 saturated heterocycles. The molecule has 3 aromatic carbocycles. The number of aryl methyl sites for hydroxylation is 2. The summed E-state index contributed by atoms with van der Waals surface area (Å²) in [5.74, 6) is 0. The molecule has 0 unspecified atom stereocenters. The second-order valence-corrected chi connectivity index (χ2v) is 9.38. The first-order valence-corrected chi connectivity index (χ1v) is 10.6. The second-order valence-electron chi connectivity index (χ2n) is 9.38. The van der Waals surface area contributed by atoms with Gasteiger partial charge in [-0.1, -0.05) is 42.0 Å². The highest BCUT2D eigenvalue weighted by atomic mass is 16.7. The first-order chi connectivity index (χ1) is 14.2. The third-order valence-electron chi connectivity index (χ3n) is 6.85. The van der Waals surface area contributed by atoms with Crippen LogP contribution in [0, 0.1) is 13.8 Å². The summed E-state index contributed by atoms with van der Waals surface area (Å²) in [5.41, 5.74) is 6.73. The van der Waals surface area contributed by atoms with E-state index in [9.17, 15) is 0 Å². The molecule has 5 rings (SSSR count). The molecule has 0 amide bonds. The Morgan fingerprint density at radius 1 is 0.733 bits per heavy atom. The minimum Gasteiger partial charge on any atom is -0.456 e. The lowest BCUT2D eigenvalue weighted by Gasteiger charge is -2.32. The maximum atomic E-state index is 6.39. The normalized spacial score (nSPS) is 17.9. The Bertz CT molecular complexity index is 1250. The monoisotopic (exact) mass is 398 g/mol. The number of benzene rings is 3. The van der Waals surface area contributed by atoms with Crippen molar-refractivity contribution in [2.24, 2.45) is 0 Å². The Morgan fingerprint density at radius 2 is 1.40 bits per heavy atom. The first-order valence-electron chi connectivity index (χ1n) is 10.6. The van der Waals surface area contributed by atoms with Crippen LogP contribution in [0.1, 0.15) is 38.8 Å². The lowest BCUT2D eigenvalue weighted by atomic mass is 9.73. The van der Waals surface area contributed by atoms with Crippen molar-refractivity contribution in [3.8, 4) is 11.1 Å². The van der Waals surface area contributed by atoms with E-state index in [0.29, 0.717) is 0 Å². The lowest BCUT2D eigenvalue weighted by Crippen LogP contribution is -2.41. The fraction of sp³-hybridized carbons (Fsp3) is 0.308. The minimum atomic E-state index is -0.396. The molecule has 2 heterocycles. The fourth-order valence-electron chi connectivity index (χ4n) is 4.38. The van der Waals surface area contributed by atoms with Crippen molar-refractivity contribution >= 4 is 34.5 Å². The van der Waals surface area contributed by atoms with Gasteiger partial charge in [-0.3, -0.25) is 0 Å². The first kappa shape index (κ1) is 19.4. The Hall–Kier alpha value is -2.56. The Kier molecular flexibility index (Phi) is 4.19. The van der Waals surface area contributed by atoms with Gasteiger partial charge in [-0.25, -0.2) is 0 Å². The molecule has 0 radical (unpaired) electrons. The van der Waals surface area contributed by atoms with E-state index in [1.54, 1.807) is 0 Å². The third-order valence-corrected chi connectivity index (χ3v) is 6.85. The molecule has 0 bridgehead atoms. The third kappa shape index (κ3) is 2.82. The number of hydrogen-bond acceptors (Lipinski definition) is 3. The van der Waals surface area contributed by atoms with Crippen LogP contribution in [0.5, 0.6) is 0 Å². The zero-order chi connectivity index (χ0) is 21.3. The molecule has 0 atom stereocenters. The highest BCUT2D eigenvalue weighted by Crippen LogP contribution is 2.39. The van der Waals surface area contributed by atoms with Gasteiger partial charge in [0.1, 0.15) is 11.2 Å². The van der Waals surface area contributed by atoms with Crippen LogP contribution in [0.15, 0.2) is 59.0 Å². The van der Waals surface area contributed by atoms with E-state index in [2.05, 4.69) is 90.1 Å². The molecule has 4 aromatic rings. The predicted molar refractivity (Wildman–Crippen MR) is 124 cm³/mol. The van der Waals surface area contributed by atoms with Crippen LogP contribution in [0.2, 0.25) is 0 Å². The average Bonchev–Trinajstić information content (AvgIpc) is 3.15. The molecule has 4 heteroatoms. The van der Waals surface area contributed by atoms with Gasteiger partial charge < -0.3 is 13.7 Å². The summed E-state index contributed by atoms with van der Waals surface area (Å²) in [6.45, 7) is 12.6. The van der Waals surface area contributed by atoms with Crippen molar-refractivity contribution in [3.05, 3.63) is 65.7 Å². The van der Waals surface area contributed by atoms with Crippen molar-refractivity contribution in [1.29, 1.82) is 0 Å². The van der Waals surface area contributed by atoms with Crippen LogP contribution in [0.3, 0.4) is 0 Å². The van der Waals surface area contributed by atoms with Crippen LogP contribution in [0.4, 0.5) is 0 Å². The van der Waals surface area contributed by atoms with Gasteiger partial charge in [0.15, 0.2) is 0 Å². The molecule has 1 aliphatic heterocycles. The SMILES string of the molecule is Cc1cc2c(oc3cc(-c4ccccc4)ccc32)c(C)c1B1OC(C)(C)C(C)(C)O1. The highest BCUT2D eigenvalue weighted by molar-refractivity contribution is 6.63. The Morgan fingerprint density at radius 3 is 2.07 bits per heavy atom. The van der Waals surface area contributed by atoms with E-state index >= 15 is 0 Å². The van der Waals surface area contributed by atoms with E-state index in [4.69, 9.17) is 13.7 Å². The van der Waals surface area contributed by atoms with E-state index in [1.807, 2.05) is 6.07 Å². The molecule has 0 saturated carbocycles. The van der Waals surface area contributed by atoms with E-state index < -0.39 is 7.12 Å². The summed E-state index contributed by atoms with van der Waals surface area (Å²) in [7, 11) is -0.396. The summed E-state index contributed by atoms with van der Waals surface area (Å²) in [6, 6.07) is 19.1. The topological polar surface area (TPSA) is 31.6 Å². The predicted octanol–water partition coefficient (Wildman–Crippen LogP) is 6.17. The van der Waals surface area contributed by atoms with Crippen LogP contribution >= 0.6 is 0 Å². The van der Waals surface area contributed by atoms with Crippen molar-refractivity contribution in [2.45, 2.75) is 52.7 Å². The summed E-state index contributed by atoms with van der Waals surface area (Å²) >= 11 is 0. The number of rotatable bonds is 2. The lowest BCUT2D eigenvalue weighted by molar-refractivity contribution is 0.00578. The summed E-state index contributed by atoms with van der Waals surface area (Å²) in [4.78, 5) is 0. The fourth-order valence-corrected chi connectivity index (χ4v) is 4.38. The number of furan rings is 1. The molecule has 0 aliphatic carbocycles. The van der Waals surface area contributed by atoms with Gasteiger partial charge in [0.2, 0.25) is 0 Å². The summed E-state index contributed by atoms with van der Waals surface area (Å²) in [6.07, 6.45) is 0. The number of hydrogen-bond donors (Lipinski definition) is 0. The molecule has 0 N–H and O–H groups in total. The van der Waals surface area contributed by atoms with Crippen LogP contribution in [-0.2, 0) is 9.31 Å². The van der Waals surface area contributed by atoms with Crippen LogP contribution in [0.25, 0.3) is 33.1 Å².